The first kappa shape index (κ1) is 20.0. The summed E-state index contributed by atoms with van der Waals surface area (Å²) in [5.74, 6) is 3.52. The summed E-state index contributed by atoms with van der Waals surface area (Å²) in [7, 11) is 0. The maximum atomic E-state index is 11.5. The van der Waals surface area contributed by atoms with Crippen LogP contribution in [0.15, 0.2) is 12.2 Å². The molecule has 3 saturated carbocycles. The first-order chi connectivity index (χ1) is 12.2. The molecule has 2 heteroatoms. The molecule has 26 heavy (non-hydrogen) atoms. The Hall–Kier alpha value is -0.790. The predicted octanol–water partition coefficient (Wildman–Crippen LogP) is 6.40. The number of rotatable bonds is 4. The molecule has 7 atom stereocenters. The van der Waals surface area contributed by atoms with Gasteiger partial charge >= 0.3 is 5.97 Å². The van der Waals surface area contributed by atoms with Crippen LogP contribution in [-0.4, -0.2) is 12.6 Å². The number of esters is 1. The molecule has 2 nitrogen and oxygen atoms in total. The first-order valence-electron chi connectivity index (χ1n) is 11.0. The highest BCUT2D eigenvalue weighted by molar-refractivity contribution is 5.65. The highest BCUT2D eigenvalue weighted by atomic mass is 16.5. The van der Waals surface area contributed by atoms with E-state index in [1.165, 1.54) is 56.9 Å². The largest absolute Gasteiger partial charge is 0.466 e. The van der Waals surface area contributed by atoms with Crippen LogP contribution in [0, 0.1) is 40.4 Å². The van der Waals surface area contributed by atoms with Crippen molar-refractivity contribution in [3.05, 3.63) is 12.2 Å². The van der Waals surface area contributed by atoms with E-state index in [1.54, 1.807) is 6.92 Å². The van der Waals surface area contributed by atoms with Crippen LogP contribution in [0.3, 0.4) is 0 Å². The van der Waals surface area contributed by atoms with Crippen molar-refractivity contribution in [1.29, 1.82) is 0 Å². The second-order valence-corrected chi connectivity index (χ2v) is 10.3. The summed E-state index contributed by atoms with van der Waals surface area (Å²) in [5, 5.41) is 0. The molecule has 0 bridgehead atoms. The molecule has 0 spiro atoms. The molecule has 3 aliphatic rings. The lowest BCUT2D eigenvalue weighted by molar-refractivity contribution is -0.148. The molecule has 0 aromatic carbocycles. The van der Waals surface area contributed by atoms with Crippen molar-refractivity contribution in [2.24, 2.45) is 40.4 Å². The van der Waals surface area contributed by atoms with Gasteiger partial charge < -0.3 is 4.74 Å². The molecular weight excluding hydrogens is 320 g/mol. The molecule has 0 aromatic heterocycles. The van der Waals surface area contributed by atoms with Crippen LogP contribution in [-0.2, 0) is 9.53 Å². The molecule has 0 amide bonds. The van der Waals surface area contributed by atoms with Gasteiger partial charge in [-0.05, 0) is 78.9 Å². The normalized spacial score (nSPS) is 46.0. The second-order valence-electron chi connectivity index (χ2n) is 10.3. The Morgan fingerprint density at radius 2 is 1.92 bits per heavy atom. The van der Waals surface area contributed by atoms with Crippen LogP contribution in [0.2, 0.25) is 0 Å². The highest BCUT2D eigenvalue weighted by Gasteiger charge is 2.56. The second kappa shape index (κ2) is 7.32. The topological polar surface area (TPSA) is 26.3 Å². The van der Waals surface area contributed by atoms with E-state index in [-0.39, 0.29) is 5.97 Å². The van der Waals surface area contributed by atoms with Crippen molar-refractivity contribution in [3.8, 4) is 0 Å². The number of hydrogen-bond donors (Lipinski definition) is 0. The third-order valence-electron chi connectivity index (χ3n) is 8.99. The van der Waals surface area contributed by atoms with Gasteiger partial charge in [-0.15, -0.1) is 0 Å². The van der Waals surface area contributed by atoms with E-state index in [2.05, 4.69) is 34.3 Å². The van der Waals surface area contributed by atoms with Gasteiger partial charge in [-0.2, -0.15) is 0 Å². The Kier molecular flexibility index (Phi) is 5.62. The van der Waals surface area contributed by atoms with Crippen molar-refractivity contribution in [1.82, 2.24) is 0 Å². The van der Waals surface area contributed by atoms with Crippen LogP contribution in [0.5, 0.6) is 0 Å². The lowest BCUT2D eigenvalue weighted by Crippen LogP contribution is -2.50. The fraction of sp³-hybridized carbons (Fsp3) is 0.875. The molecule has 0 radical (unpaired) electrons. The minimum absolute atomic E-state index is 0.124. The molecule has 3 rings (SSSR count). The quantitative estimate of drug-likeness (QED) is 0.428. The van der Waals surface area contributed by atoms with Crippen molar-refractivity contribution in [3.63, 3.8) is 0 Å². The van der Waals surface area contributed by atoms with E-state index in [4.69, 9.17) is 4.74 Å². The zero-order valence-corrected chi connectivity index (χ0v) is 17.8. The summed E-state index contributed by atoms with van der Waals surface area (Å²) in [6, 6.07) is 0. The summed E-state index contributed by atoms with van der Waals surface area (Å²) in [4.78, 5) is 11.5. The average molecular weight is 361 g/mol. The Morgan fingerprint density at radius 3 is 2.58 bits per heavy atom. The van der Waals surface area contributed by atoms with Gasteiger partial charge in [0.2, 0.25) is 0 Å². The Morgan fingerprint density at radius 1 is 1.19 bits per heavy atom. The van der Waals surface area contributed by atoms with Gasteiger partial charge in [0.15, 0.2) is 0 Å². The first-order valence-corrected chi connectivity index (χ1v) is 11.0. The van der Waals surface area contributed by atoms with E-state index in [1.807, 2.05) is 0 Å². The van der Waals surface area contributed by atoms with E-state index < -0.39 is 0 Å². The highest BCUT2D eigenvalue weighted by Crippen LogP contribution is 2.64. The maximum Gasteiger partial charge on any atom is 0.302 e. The molecule has 148 valence electrons. The number of allylic oxidation sites excluding steroid dienone is 1. The Bertz CT molecular complexity index is 552. The van der Waals surface area contributed by atoms with E-state index in [0.29, 0.717) is 23.4 Å². The molecular formula is C24H40O2. The molecule has 3 fully saturated rings. The van der Waals surface area contributed by atoms with Gasteiger partial charge in [0, 0.05) is 6.92 Å². The van der Waals surface area contributed by atoms with Crippen LogP contribution >= 0.6 is 0 Å². The summed E-state index contributed by atoms with van der Waals surface area (Å²) in [5.41, 5.74) is 2.20. The van der Waals surface area contributed by atoms with Gasteiger partial charge in [-0.25, -0.2) is 0 Å². The summed E-state index contributed by atoms with van der Waals surface area (Å²) in [6.07, 6.45) is 10.3. The Labute approximate surface area is 161 Å². The summed E-state index contributed by atoms with van der Waals surface area (Å²) < 4.78 is 5.56. The van der Waals surface area contributed by atoms with Crippen LogP contribution in [0.4, 0.5) is 0 Å². The van der Waals surface area contributed by atoms with Gasteiger partial charge in [-0.3, -0.25) is 4.79 Å². The lowest BCUT2D eigenvalue weighted by atomic mass is 9.48. The van der Waals surface area contributed by atoms with E-state index >= 15 is 0 Å². The van der Waals surface area contributed by atoms with Crippen molar-refractivity contribution in [2.45, 2.75) is 86.0 Å². The maximum absolute atomic E-state index is 11.5. The molecule has 2 unspecified atom stereocenters. The molecule has 0 N–H and O–H groups in total. The number of carbonyl (C=O) groups excluding carboxylic acids is 1. The Balaban J connectivity index is 1.86. The lowest BCUT2D eigenvalue weighted by Gasteiger charge is -2.57. The van der Waals surface area contributed by atoms with Crippen molar-refractivity contribution in [2.75, 3.05) is 6.61 Å². The van der Waals surface area contributed by atoms with Crippen LogP contribution in [0.25, 0.3) is 0 Å². The monoisotopic (exact) mass is 360 g/mol. The number of hydrogen-bond acceptors (Lipinski definition) is 2. The zero-order valence-electron chi connectivity index (χ0n) is 17.8. The van der Waals surface area contributed by atoms with Crippen LogP contribution in [0.1, 0.15) is 86.0 Å². The number of fused-ring (bicyclic) bond motifs is 1. The number of carbonyl (C=O) groups is 1. The molecule has 0 aliphatic heterocycles. The minimum atomic E-state index is -0.124. The van der Waals surface area contributed by atoms with Crippen molar-refractivity contribution < 1.29 is 9.53 Å². The molecule has 0 saturated heterocycles. The molecule has 0 aromatic rings. The fourth-order valence-electron chi connectivity index (χ4n) is 7.18. The SMILES string of the molecule is C=C1CCC2[C@H](CC)C([C@@]3(C)CC[C@H](C)C[C@@H]3COC(C)=O)CC[C@]12C. The minimum Gasteiger partial charge on any atom is -0.466 e. The average Bonchev–Trinajstić information content (AvgIpc) is 2.90. The standard InChI is InChI=1S/C24H40O2/c1-7-20-21-9-8-17(3)23(21,5)13-11-22(20)24(6)12-10-16(2)14-19(24)15-26-18(4)25/h16,19-22H,3,7-15H2,1-2,4-6H3/t16-,19+,20-,21?,22?,23+,24-/m0/s1. The van der Waals surface area contributed by atoms with Gasteiger partial charge in [0.05, 0.1) is 6.61 Å². The predicted molar refractivity (Wildman–Crippen MR) is 108 cm³/mol. The van der Waals surface area contributed by atoms with E-state index in [0.717, 1.165) is 23.7 Å². The van der Waals surface area contributed by atoms with Gasteiger partial charge in [-0.1, -0.05) is 52.7 Å². The summed E-state index contributed by atoms with van der Waals surface area (Å²) >= 11 is 0. The summed E-state index contributed by atoms with van der Waals surface area (Å²) in [6.45, 7) is 16.4. The van der Waals surface area contributed by atoms with Gasteiger partial charge in [0.1, 0.15) is 0 Å². The third-order valence-corrected chi connectivity index (χ3v) is 8.99. The van der Waals surface area contributed by atoms with Gasteiger partial charge in [0.25, 0.3) is 0 Å². The number of ether oxygens (including phenoxy) is 1. The smallest absolute Gasteiger partial charge is 0.302 e. The molecule has 3 aliphatic carbocycles. The van der Waals surface area contributed by atoms with Crippen LogP contribution < -0.4 is 0 Å². The molecule has 0 heterocycles. The van der Waals surface area contributed by atoms with E-state index in [9.17, 15) is 4.79 Å². The third kappa shape index (κ3) is 3.27. The zero-order chi connectivity index (χ0) is 19.1. The fourth-order valence-corrected chi connectivity index (χ4v) is 7.18. The van der Waals surface area contributed by atoms with Crippen molar-refractivity contribution >= 4 is 5.97 Å².